The summed E-state index contributed by atoms with van der Waals surface area (Å²) in [7, 11) is 2.95. The molecule has 1 fully saturated rings. The predicted molar refractivity (Wildman–Crippen MR) is 76.2 cm³/mol. The van der Waals surface area contributed by atoms with E-state index in [9.17, 15) is 14.4 Å². The summed E-state index contributed by atoms with van der Waals surface area (Å²) in [5, 5.41) is 5.73. The second kappa shape index (κ2) is 4.76. The van der Waals surface area contributed by atoms with E-state index < -0.39 is 11.2 Å². The molecule has 0 aromatic carbocycles. The molecule has 112 valence electrons. The summed E-state index contributed by atoms with van der Waals surface area (Å²) in [6.07, 6.45) is 1.57. The molecule has 1 aliphatic heterocycles. The third-order valence-corrected chi connectivity index (χ3v) is 3.69. The first-order valence-corrected chi connectivity index (χ1v) is 6.69. The average molecular weight is 292 g/mol. The third kappa shape index (κ3) is 2.10. The Labute approximate surface area is 119 Å². The van der Waals surface area contributed by atoms with Gasteiger partial charge in [0.05, 0.1) is 0 Å². The largest absolute Gasteiger partial charge is 0.354 e. The van der Waals surface area contributed by atoms with E-state index in [0.717, 1.165) is 11.0 Å². The minimum atomic E-state index is -0.444. The fourth-order valence-corrected chi connectivity index (χ4v) is 2.47. The fraction of sp³-hybridized carbons (Fsp3) is 0.500. The van der Waals surface area contributed by atoms with Crippen LogP contribution < -0.4 is 21.9 Å². The maximum absolute atomic E-state index is 12.0. The van der Waals surface area contributed by atoms with Crippen molar-refractivity contribution in [3.63, 3.8) is 0 Å². The van der Waals surface area contributed by atoms with Crippen LogP contribution in [-0.4, -0.2) is 37.6 Å². The minimum Gasteiger partial charge on any atom is -0.354 e. The summed E-state index contributed by atoms with van der Waals surface area (Å²) in [5.74, 6) is 0.217. The van der Waals surface area contributed by atoms with E-state index in [1.54, 1.807) is 7.05 Å². The Kier molecular flexibility index (Phi) is 3.04. The summed E-state index contributed by atoms with van der Waals surface area (Å²) in [6, 6.07) is -0.389. The van der Waals surface area contributed by atoms with Crippen molar-refractivity contribution in [2.24, 2.45) is 14.1 Å². The van der Waals surface area contributed by atoms with Crippen molar-refractivity contribution in [1.82, 2.24) is 24.4 Å². The number of nitrogens with zero attached hydrogens (tertiary/aromatic N) is 3. The smallest absolute Gasteiger partial charge is 0.332 e. The number of imidazole rings is 1. The van der Waals surface area contributed by atoms with Crippen molar-refractivity contribution in [2.45, 2.75) is 18.9 Å². The first kappa shape index (κ1) is 13.4. The van der Waals surface area contributed by atoms with Gasteiger partial charge in [-0.25, -0.2) is 4.79 Å². The Morgan fingerprint density at radius 2 is 2.00 bits per heavy atom. The molecule has 2 aromatic heterocycles. The van der Waals surface area contributed by atoms with Crippen LogP contribution in [0.3, 0.4) is 0 Å². The summed E-state index contributed by atoms with van der Waals surface area (Å²) in [5.41, 5.74) is -0.386. The van der Waals surface area contributed by atoms with Crippen LogP contribution in [0.5, 0.6) is 0 Å². The standard InChI is InChI=1S/C12H16N6O3/c1-17-8-7(10(20)18(2)12(17)21)15-11(16-8)14-6-4-3-5-13-9(6)19/h6H,3-5H2,1-2H3,(H,13,19)(H2,14,15,16). The van der Waals surface area contributed by atoms with E-state index in [1.807, 2.05) is 0 Å². The van der Waals surface area contributed by atoms with Gasteiger partial charge in [-0.2, -0.15) is 4.98 Å². The number of nitrogens with one attached hydrogen (secondary N) is 3. The molecule has 3 heterocycles. The predicted octanol–water partition coefficient (Wildman–Crippen LogP) is -1.35. The van der Waals surface area contributed by atoms with Crippen LogP contribution in [0, 0.1) is 0 Å². The van der Waals surface area contributed by atoms with Crippen LogP contribution in [0.4, 0.5) is 5.95 Å². The monoisotopic (exact) mass is 292 g/mol. The van der Waals surface area contributed by atoms with Crippen molar-refractivity contribution in [3.05, 3.63) is 20.8 Å². The highest BCUT2D eigenvalue weighted by molar-refractivity contribution is 5.85. The van der Waals surface area contributed by atoms with Gasteiger partial charge in [-0.15, -0.1) is 0 Å². The zero-order valence-electron chi connectivity index (χ0n) is 11.8. The molecule has 2 aromatic rings. The van der Waals surface area contributed by atoms with Gasteiger partial charge in [0, 0.05) is 20.6 Å². The SMILES string of the molecule is Cn1c(=O)c2[nH]c(NC3CCCNC3=O)nc2n(C)c1=O. The van der Waals surface area contributed by atoms with Gasteiger partial charge in [-0.3, -0.25) is 18.7 Å². The van der Waals surface area contributed by atoms with Gasteiger partial charge in [0.15, 0.2) is 11.2 Å². The quantitative estimate of drug-likeness (QED) is 0.633. The molecule has 1 saturated heterocycles. The Hall–Kier alpha value is -2.58. The second-order valence-electron chi connectivity index (χ2n) is 5.12. The molecule has 0 saturated carbocycles. The lowest BCUT2D eigenvalue weighted by Crippen LogP contribution is -2.44. The summed E-state index contributed by atoms with van der Waals surface area (Å²) in [6.45, 7) is 0.673. The Morgan fingerprint density at radius 1 is 1.24 bits per heavy atom. The van der Waals surface area contributed by atoms with Crippen LogP contribution in [0.2, 0.25) is 0 Å². The summed E-state index contributed by atoms with van der Waals surface area (Å²) >= 11 is 0. The Balaban J connectivity index is 2.04. The van der Waals surface area contributed by atoms with Crippen LogP contribution in [0.1, 0.15) is 12.8 Å². The number of carbonyl (C=O) groups is 1. The lowest BCUT2D eigenvalue weighted by Gasteiger charge is -2.22. The molecule has 1 amide bonds. The number of hydrogen-bond donors (Lipinski definition) is 3. The number of hydrogen-bond acceptors (Lipinski definition) is 5. The van der Waals surface area contributed by atoms with E-state index in [2.05, 4.69) is 20.6 Å². The maximum Gasteiger partial charge on any atom is 0.332 e. The summed E-state index contributed by atoms with van der Waals surface area (Å²) < 4.78 is 2.30. The lowest BCUT2D eigenvalue weighted by molar-refractivity contribution is -0.123. The van der Waals surface area contributed by atoms with Gasteiger partial charge < -0.3 is 15.6 Å². The Morgan fingerprint density at radius 3 is 2.71 bits per heavy atom. The molecular formula is C12H16N6O3. The molecule has 1 atom stereocenters. The summed E-state index contributed by atoms with van der Waals surface area (Å²) in [4.78, 5) is 42.7. The van der Waals surface area contributed by atoms with Gasteiger partial charge in [0.25, 0.3) is 5.56 Å². The highest BCUT2D eigenvalue weighted by Crippen LogP contribution is 2.13. The van der Waals surface area contributed by atoms with E-state index >= 15 is 0 Å². The molecule has 3 N–H and O–H groups in total. The zero-order valence-corrected chi connectivity index (χ0v) is 11.8. The van der Waals surface area contributed by atoms with Crippen molar-refractivity contribution < 1.29 is 4.79 Å². The first-order valence-electron chi connectivity index (χ1n) is 6.69. The molecule has 0 bridgehead atoms. The number of H-pyrrole nitrogens is 1. The number of aryl methyl sites for hydroxylation is 1. The molecule has 3 rings (SSSR count). The first-order chi connectivity index (χ1) is 9.99. The molecule has 0 radical (unpaired) electrons. The van der Waals surface area contributed by atoms with Crippen LogP contribution in [0.25, 0.3) is 11.2 Å². The van der Waals surface area contributed by atoms with Gasteiger partial charge in [-0.1, -0.05) is 0 Å². The van der Waals surface area contributed by atoms with Crippen molar-refractivity contribution in [3.8, 4) is 0 Å². The number of carbonyl (C=O) groups excluding carboxylic acids is 1. The van der Waals surface area contributed by atoms with Crippen LogP contribution in [-0.2, 0) is 18.9 Å². The van der Waals surface area contributed by atoms with Crippen molar-refractivity contribution in [2.75, 3.05) is 11.9 Å². The molecule has 0 aliphatic carbocycles. The molecule has 0 spiro atoms. The fourth-order valence-electron chi connectivity index (χ4n) is 2.47. The van der Waals surface area contributed by atoms with Gasteiger partial charge in [0.2, 0.25) is 11.9 Å². The number of aromatic amines is 1. The van der Waals surface area contributed by atoms with Crippen molar-refractivity contribution >= 4 is 23.0 Å². The Bertz CT molecular complexity index is 830. The van der Waals surface area contributed by atoms with Gasteiger partial charge in [0.1, 0.15) is 6.04 Å². The number of anilines is 1. The zero-order chi connectivity index (χ0) is 15.1. The highest BCUT2D eigenvalue weighted by atomic mass is 16.2. The number of aromatic nitrogens is 4. The number of piperidine rings is 1. The normalized spacial score (nSPS) is 18.8. The van der Waals surface area contributed by atoms with E-state index in [0.29, 0.717) is 18.9 Å². The molecule has 1 unspecified atom stereocenters. The van der Waals surface area contributed by atoms with E-state index in [1.165, 1.54) is 11.6 Å². The van der Waals surface area contributed by atoms with E-state index in [4.69, 9.17) is 0 Å². The molecule has 9 heteroatoms. The third-order valence-electron chi connectivity index (χ3n) is 3.69. The number of fused-ring (bicyclic) bond motifs is 1. The van der Waals surface area contributed by atoms with Gasteiger partial charge in [-0.05, 0) is 12.8 Å². The highest BCUT2D eigenvalue weighted by Gasteiger charge is 2.23. The lowest BCUT2D eigenvalue weighted by atomic mass is 10.1. The molecular weight excluding hydrogens is 276 g/mol. The maximum atomic E-state index is 12.0. The number of amides is 1. The number of rotatable bonds is 2. The topological polar surface area (TPSA) is 114 Å². The average Bonchev–Trinajstić information content (AvgIpc) is 2.89. The molecule has 21 heavy (non-hydrogen) atoms. The second-order valence-corrected chi connectivity index (χ2v) is 5.12. The molecule has 1 aliphatic rings. The molecule has 9 nitrogen and oxygen atoms in total. The van der Waals surface area contributed by atoms with Crippen molar-refractivity contribution in [1.29, 1.82) is 0 Å². The van der Waals surface area contributed by atoms with Crippen LogP contribution >= 0.6 is 0 Å². The van der Waals surface area contributed by atoms with E-state index in [-0.39, 0.29) is 23.1 Å². The minimum absolute atomic E-state index is 0.0940. The van der Waals surface area contributed by atoms with Gasteiger partial charge >= 0.3 is 5.69 Å². The van der Waals surface area contributed by atoms with Crippen LogP contribution in [0.15, 0.2) is 9.59 Å².